The minimum absolute atomic E-state index is 0.136. The maximum Gasteiger partial charge on any atom is 0.417 e. The van der Waals surface area contributed by atoms with Crippen LogP contribution in [0.25, 0.3) is 0 Å². The normalized spacial score (nSPS) is 15.7. The van der Waals surface area contributed by atoms with E-state index in [0.717, 1.165) is 36.9 Å². The van der Waals surface area contributed by atoms with Gasteiger partial charge in [-0.15, -0.1) is 0 Å². The molecule has 0 saturated heterocycles. The molecular formula is C17H14F4N2OS. The lowest BCUT2D eigenvalue weighted by atomic mass is 10.1. The Kier molecular flexibility index (Phi) is 4.99. The zero-order valence-electron chi connectivity index (χ0n) is 12.9. The molecule has 1 atom stereocenters. The molecule has 1 fully saturated rings. The van der Waals surface area contributed by atoms with E-state index in [1.165, 1.54) is 30.3 Å². The van der Waals surface area contributed by atoms with Gasteiger partial charge < -0.3 is 5.32 Å². The Morgan fingerprint density at radius 2 is 1.84 bits per heavy atom. The van der Waals surface area contributed by atoms with Crippen molar-refractivity contribution in [3.8, 4) is 0 Å². The van der Waals surface area contributed by atoms with Gasteiger partial charge in [0.05, 0.1) is 10.6 Å². The van der Waals surface area contributed by atoms with Gasteiger partial charge in [-0.3, -0.25) is 4.79 Å². The lowest BCUT2D eigenvalue weighted by Crippen LogP contribution is -2.29. The Hall–Kier alpha value is -2.09. The van der Waals surface area contributed by atoms with Gasteiger partial charge in [-0.25, -0.2) is 9.37 Å². The summed E-state index contributed by atoms with van der Waals surface area (Å²) in [5.74, 6) is -0.691. The number of carbonyl (C=O) groups excluding carboxylic acids is 1. The zero-order valence-corrected chi connectivity index (χ0v) is 13.7. The molecule has 0 unspecified atom stereocenters. The van der Waals surface area contributed by atoms with Crippen LogP contribution in [0.4, 0.5) is 17.6 Å². The summed E-state index contributed by atoms with van der Waals surface area (Å²) >= 11 is 1.03. The minimum atomic E-state index is -4.46. The van der Waals surface area contributed by atoms with Gasteiger partial charge in [-0.1, -0.05) is 23.9 Å². The van der Waals surface area contributed by atoms with E-state index in [2.05, 4.69) is 10.3 Å². The third-order valence-electron chi connectivity index (χ3n) is 3.64. The fourth-order valence-corrected chi connectivity index (χ4v) is 3.12. The number of amides is 1. The first kappa shape index (κ1) is 17.7. The predicted octanol–water partition coefficient (Wildman–Crippen LogP) is 4.35. The molecule has 0 bridgehead atoms. The smallest absolute Gasteiger partial charge is 0.352 e. The Labute approximate surface area is 145 Å². The zero-order chi connectivity index (χ0) is 18.0. The number of carbonyl (C=O) groups is 1. The number of benzene rings is 1. The van der Waals surface area contributed by atoms with Crippen molar-refractivity contribution in [3.05, 3.63) is 59.5 Å². The lowest BCUT2D eigenvalue weighted by Gasteiger charge is -2.17. The van der Waals surface area contributed by atoms with E-state index >= 15 is 0 Å². The van der Waals surface area contributed by atoms with Gasteiger partial charge in [-0.2, -0.15) is 13.2 Å². The van der Waals surface area contributed by atoms with Crippen LogP contribution in [0.1, 0.15) is 29.2 Å². The van der Waals surface area contributed by atoms with Crippen molar-refractivity contribution in [2.75, 3.05) is 0 Å². The number of hydrogen-bond acceptors (Lipinski definition) is 3. The van der Waals surface area contributed by atoms with E-state index in [1.54, 1.807) is 0 Å². The summed E-state index contributed by atoms with van der Waals surface area (Å²) in [6, 6.07) is 7.76. The Bertz CT molecular complexity index is 743. The first-order chi connectivity index (χ1) is 11.8. The number of rotatable bonds is 5. The quantitative estimate of drug-likeness (QED) is 0.628. The highest BCUT2D eigenvalue weighted by Gasteiger charge is 2.32. The van der Waals surface area contributed by atoms with Crippen LogP contribution in [0.15, 0.2) is 47.6 Å². The van der Waals surface area contributed by atoms with Crippen molar-refractivity contribution >= 4 is 17.7 Å². The number of hydrogen-bond donors (Lipinski definition) is 1. The molecule has 1 aromatic carbocycles. The van der Waals surface area contributed by atoms with Gasteiger partial charge >= 0.3 is 6.18 Å². The first-order valence-electron chi connectivity index (χ1n) is 7.58. The largest absolute Gasteiger partial charge is 0.417 e. The van der Waals surface area contributed by atoms with Crippen molar-refractivity contribution < 1.29 is 22.4 Å². The van der Waals surface area contributed by atoms with Gasteiger partial charge in [-0.05, 0) is 42.7 Å². The number of aromatic nitrogens is 1. The standard InChI is InChI=1S/C17H14F4N2OS/c18-12-4-1-10(2-5-12)15(16(24)23-13-6-7-13)25-14-8-3-11(9-22-14)17(19,20)21/h1-5,8-9,13,15H,6-7H2,(H,23,24)/t15-/m0/s1. The van der Waals surface area contributed by atoms with E-state index < -0.39 is 22.8 Å². The van der Waals surface area contributed by atoms with Crippen LogP contribution in [-0.4, -0.2) is 16.9 Å². The monoisotopic (exact) mass is 370 g/mol. The summed E-state index contributed by atoms with van der Waals surface area (Å²) < 4.78 is 51.0. The van der Waals surface area contributed by atoms with Gasteiger partial charge in [0.1, 0.15) is 11.1 Å². The van der Waals surface area contributed by atoms with Crippen molar-refractivity contribution in [2.24, 2.45) is 0 Å². The number of alkyl halides is 3. The third-order valence-corrected chi connectivity index (χ3v) is 4.84. The topological polar surface area (TPSA) is 42.0 Å². The molecule has 3 nitrogen and oxygen atoms in total. The molecule has 0 radical (unpaired) electrons. The number of thioether (sulfide) groups is 1. The van der Waals surface area contributed by atoms with Crippen LogP contribution in [0.5, 0.6) is 0 Å². The maximum absolute atomic E-state index is 13.1. The molecule has 132 valence electrons. The molecule has 25 heavy (non-hydrogen) atoms. The van der Waals surface area contributed by atoms with Gasteiger partial charge in [0.25, 0.3) is 0 Å². The van der Waals surface area contributed by atoms with Crippen molar-refractivity contribution in [3.63, 3.8) is 0 Å². The maximum atomic E-state index is 13.1. The third kappa shape index (κ3) is 4.72. The molecule has 0 aliphatic heterocycles. The molecular weight excluding hydrogens is 356 g/mol. The molecule has 1 heterocycles. The molecule has 8 heteroatoms. The van der Waals surface area contributed by atoms with Crippen LogP contribution >= 0.6 is 11.8 Å². The molecule has 0 spiro atoms. The molecule has 3 rings (SSSR count). The fourth-order valence-electron chi connectivity index (χ4n) is 2.15. The van der Waals surface area contributed by atoms with Gasteiger partial charge in [0.15, 0.2) is 0 Å². The second-order valence-electron chi connectivity index (χ2n) is 5.72. The number of nitrogens with one attached hydrogen (secondary N) is 1. The molecule has 2 aromatic rings. The molecule has 1 saturated carbocycles. The minimum Gasteiger partial charge on any atom is -0.352 e. The second-order valence-corrected chi connectivity index (χ2v) is 6.84. The van der Waals surface area contributed by atoms with E-state index in [4.69, 9.17) is 0 Å². The summed E-state index contributed by atoms with van der Waals surface area (Å²) in [6.07, 6.45) is -1.91. The Morgan fingerprint density at radius 3 is 2.36 bits per heavy atom. The number of nitrogens with zero attached hydrogens (tertiary/aromatic N) is 1. The van der Waals surface area contributed by atoms with Crippen molar-refractivity contribution in [1.29, 1.82) is 0 Å². The Balaban J connectivity index is 1.81. The van der Waals surface area contributed by atoms with Crippen LogP contribution in [0.3, 0.4) is 0 Å². The molecule has 1 amide bonds. The highest BCUT2D eigenvalue weighted by atomic mass is 32.2. The molecule has 1 N–H and O–H groups in total. The van der Waals surface area contributed by atoms with E-state index in [-0.39, 0.29) is 17.0 Å². The van der Waals surface area contributed by atoms with Crippen LogP contribution in [0.2, 0.25) is 0 Å². The SMILES string of the molecule is O=C(NC1CC1)[C@@H](Sc1ccc(C(F)(F)F)cn1)c1ccc(F)cc1. The number of halogens is 4. The Morgan fingerprint density at radius 1 is 1.16 bits per heavy atom. The van der Waals surface area contributed by atoms with Crippen LogP contribution in [-0.2, 0) is 11.0 Å². The predicted molar refractivity (Wildman–Crippen MR) is 85.4 cm³/mol. The van der Waals surface area contributed by atoms with Gasteiger partial charge in [0.2, 0.25) is 5.91 Å². The van der Waals surface area contributed by atoms with E-state index in [1.807, 2.05) is 0 Å². The van der Waals surface area contributed by atoms with E-state index in [0.29, 0.717) is 5.56 Å². The van der Waals surface area contributed by atoms with Gasteiger partial charge in [0, 0.05) is 12.2 Å². The lowest BCUT2D eigenvalue weighted by molar-refractivity contribution is -0.137. The van der Waals surface area contributed by atoms with Crippen molar-refractivity contribution in [2.45, 2.75) is 35.3 Å². The second kappa shape index (κ2) is 7.03. The number of pyridine rings is 1. The van der Waals surface area contributed by atoms with Crippen LogP contribution in [0, 0.1) is 5.82 Å². The summed E-state index contributed by atoms with van der Waals surface area (Å²) in [5, 5.41) is 2.43. The summed E-state index contributed by atoms with van der Waals surface area (Å²) in [7, 11) is 0. The average molecular weight is 370 g/mol. The van der Waals surface area contributed by atoms with Crippen LogP contribution < -0.4 is 5.32 Å². The summed E-state index contributed by atoms with van der Waals surface area (Å²) in [4.78, 5) is 16.3. The highest BCUT2D eigenvalue weighted by molar-refractivity contribution is 8.00. The fraction of sp³-hybridized carbons (Fsp3) is 0.294. The highest BCUT2D eigenvalue weighted by Crippen LogP contribution is 2.37. The first-order valence-corrected chi connectivity index (χ1v) is 8.46. The molecule has 1 aliphatic carbocycles. The van der Waals surface area contributed by atoms with Crippen molar-refractivity contribution in [1.82, 2.24) is 10.3 Å². The van der Waals surface area contributed by atoms with E-state index in [9.17, 15) is 22.4 Å². The summed E-state index contributed by atoms with van der Waals surface area (Å²) in [6.45, 7) is 0. The molecule has 1 aromatic heterocycles. The summed E-state index contributed by atoms with van der Waals surface area (Å²) in [5.41, 5.74) is -0.288. The average Bonchev–Trinajstić information content (AvgIpc) is 3.37. The molecule has 1 aliphatic rings.